The first-order chi connectivity index (χ1) is 17.1. The van der Waals surface area contributed by atoms with E-state index in [1.54, 1.807) is 48.9 Å². The smallest absolute Gasteiger partial charge is 0.260 e. The van der Waals surface area contributed by atoms with E-state index in [-0.39, 0.29) is 25.9 Å². The molecule has 2 aromatic heterocycles. The molecular formula is C24H23N5O6. The number of fused-ring (bicyclic) bond motifs is 2. The average molecular weight is 477 g/mol. The molecule has 0 saturated carbocycles. The van der Waals surface area contributed by atoms with Crippen LogP contribution in [0.5, 0.6) is 28.9 Å². The van der Waals surface area contributed by atoms with Gasteiger partial charge in [-0.15, -0.1) is 15.3 Å². The van der Waals surface area contributed by atoms with Crippen LogP contribution in [0.4, 0.5) is 0 Å². The summed E-state index contributed by atoms with van der Waals surface area (Å²) in [6, 6.07) is 16.1. The largest absolute Gasteiger partial charge is 0.497 e. The van der Waals surface area contributed by atoms with Crippen molar-refractivity contribution in [2.45, 2.75) is 13.0 Å². The van der Waals surface area contributed by atoms with Gasteiger partial charge < -0.3 is 29.0 Å². The minimum Gasteiger partial charge on any atom is -0.497 e. The van der Waals surface area contributed by atoms with E-state index in [1.165, 1.54) is 0 Å². The summed E-state index contributed by atoms with van der Waals surface area (Å²) in [6.45, 7) is 2.34. The molecule has 5 rings (SSSR count). The van der Waals surface area contributed by atoms with Crippen LogP contribution >= 0.6 is 0 Å². The number of rotatable bonds is 9. The number of ether oxygens (including phenoxy) is 5. The van der Waals surface area contributed by atoms with Gasteiger partial charge in [0.25, 0.3) is 5.91 Å². The van der Waals surface area contributed by atoms with E-state index >= 15 is 0 Å². The predicted molar refractivity (Wildman–Crippen MR) is 124 cm³/mol. The monoisotopic (exact) mass is 477 g/mol. The van der Waals surface area contributed by atoms with Gasteiger partial charge in [-0.2, -0.15) is 4.52 Å². The van der Waals surface area contributed by atoms with Crippen LogP contribution in [-0.4, -0.2) is 58.9 Å². The van der Waals surface area contributed by atoms with Gasteiger partial charge in [0, 0.05) is 17.7 Å². The third-order valence-corrected chi connectivity index (χ3v) is 5.24. The van der Waals surface area contributed by atoms with Crippen molar-refractivity contribution in [3.63, 3.8) is 0 Å². The molecule has 35 heavy (non-hydrogen) atoms. The van der Waals surface area contributed by atoms with E-state index in [0.29, 0.717) is 40.3 Å². The van der Waals surface area contributed by atoms with Gasteiger partial charge in [0.2, 0.25) is 12.7 Å². The highest BCUT2D eigenvalue weighted by molar-refractivity contribution is 5.80. The van der Waals surface area contributed by atoms with Crippen LogP contribution in [-0.2, 0) is 4.79 Å². The number of carbonyl (C=O) groups excluding carboxylic acids is 1. The summed E-state index contributed by atoms with van der Waals surface area (Å²) in [4.78, 5) is 12.4. The minimum absolute atomic E-state index is 0.177. The van der Waals surface area contributed by atoms with Crippen molar-refractivity contribution in [2.24, 2.45) is 0 Å². The lowest BCUT2D eigenvalue weighted by molar-refractivity contribution is -0.127. The number of hydrogen-bond acceptors (Lipinski definition) is 9. The fraction of sp³-hybridized carbons (Fsp3) is 0.250. The molecule has 0 saturated heterocycles. The standard InChI is InChI=1S/C24H23N5O6/c1-15(35-18-6-7-19-20(13-18)34-14-33-19)24(30)25-10-11-32-22-9-8-21-26-27-23(29(21)28-22)16-4-3-5-17(12-16)31-2/h3-9,12-13,15H,10-11,14H2,1-2H3,(H,25,30). The number of benzene rings is 2. The maximum atomic E-state index is 12.4. The molecule has 0 bridgehead atoms. The number of aromatic nitrogens is 4. The molecule has 11 heteroatoms. The molecule has 11 nitrogen and oxygen atoms in total. The maximum Gasteiger partial charge on any atom is 0.260 e. The zero-order valence-corrected chi connectivity index (χ0v) is 19.1. The molecule has 1 amide bonds. The van der Waals surface area contributed by atoms with Crippen molar-refractivity contribution >= 4 is 11.6 Å². The molecule has 1 N–H and O–H groups in total. The molecule has 3 heterocycles. The lowest BCUT2D eigenvalue weighted by Gasteiger charge is -2.15. The maximum absolute atomic E-state index is 12.4. The van der Waals surface area contributed by atoms with Gasteiger partial charge in [0.15, 0.2) is 29.1 Å². The Bertz CT molecular complexity index is 1360. The molecule has 1 unspecified atom stereocenters. The van der Waals surface area contributed by atoms with Gasteiger partial charge >= 0.3 is 0 Å². The SMILES string of the molecule is COc1cccc(-c2nnc3ccc(OCCNC(=O)C(C)Oc4ccc5c(c4)OCO5)nn23)c1. The van der Waals surface area contributed by atoms with Crippen LogP contribution in [0.3, 0.4) is 0 Å². The van der Waals surface area contributed by atoms with Crippen LogP contribution in [0, 0.1) is 0 Å². The molecule has 0 spiro atoms. The van der Waals surface area contributed by atoms with Gasteiger partial charge in [-0.05, 0) is 37.3 Å². The van der Waals surface area contributed by atoms with Crippen molar-refractivity contribution < 1.29 is 28.5 Å². The van der Waals surface area contributed by atoms with Gasteiger partial charge in [-0.1, -0.05) is 12.1 Å². The minimum atomic E-state index is -0.702. The molecule has 0 fully saturated rings. The number of methoxy groups -OCH3 is 1. The topological polar surface area (TPSA) is 118 Å². The summed E-state index contributed by atoms with van der Waals surface area (Å²) in [5, 5.41) is 15.6. The van der Waals surface area contributed by atoms with E-state index in [4.69, 9.17) is 23.7 Å². The van der Waals surface area contributed by atoms with Gasteiger partial charge in [0.05, 0.1) is 13.7 Å². The number of hydrogen-bond donors (Lipinski definition) is 1. The highest BCUT2D eigenvalue weighted by Crippen LogP contribution is 2.35. The highest BCUT2D eigenvalue weighted by atomic mass is 16.7. The summed E-state index contributed by atoms with van der Waals surface area (Å²) in [7, 11) is 1.61. The molecular weight excluding hydrogens is 454 g/mol. The molecule has 1 aliphatic rings. The summed E-state index contributed by atoms with van der Waals surface area (Å²) in [5.74, 6) is 3.14. The molecule has 1 atom stereocenters. The Labute approximate surface area is 200 Å². The van der Waals surface area contributed by atoms with Crippen molar-refractivity contribution in [3.05, 3.63) is 54.6 Å². The van der Waals surface area contributed by atoms with Crippen LogP contribution < -0.4 is 29.0 Å². The Kier molecular flexibility index (Phi) is 6.20. The molecule has 2 aromatic carbocycles. The summed E-state index contributed by atoms with van der Waals surface area (Å²) in [6.07, 6.45) is -0.702. The number of nitrogens with one attached hydrogen (secondary N) is 1. The molecule has 0 radical (unpaired) electrons. The Morgan fingerprint density at radius 2 is 1.97 bits per heavy atom. The number of amides is 1. The zero-order valence-electron chi connectivity index (χ0n) is 19.1. The second kappa shape index (κ2) is 9.75. The fourth-order valence-electron chi connectivity index (χ4n) is 3.47. The van der Waals surface area contributed by atoms with Gasteiger partial charge in [-0.25, -0.2) is 0 Å². The molecule has 180 valence electrons. The second-order valence-corrected chi connectivity index (χ2v) is 7.61. The van der Waals surface area contributed by atoms with Crippen LogP contribution in [0.25, 0.3) is 17.0 Å². The first-order valence-electron chi connectivity index (χ1n) is 10.9. The normalized spacial score (nSPS) is 12.9. The lowest BCUT2D eigenvalue weighted by Crippen LogP contribution is -2.38. The Morgan fingerprint density at radius 1 is 1.09 bits per heavy atom. The first-order valence-corrected chi connectivity index (χ1v) is 10.9. The first kappa shape index (κ1) is 22.3. The second-order valence-electron chi connectivity index (χ2n) is 7.61. The molecule has 0 aliphatic carbocycles. The zero-order chi connectivity index (χ0) is 24.2. The van der Waals surface area contributed by atoms with E-state index in [1.807, 2.05) is 24.3 Å². The van der Waals surface area contributed by atoms with Gasteiger partial charge in [-0.3, -0.25) is 4.79 Å². The molecule has 4 aromatic rings. The highest BCUT2D eigenvalue weighted by Gasteiger charge is 2.18. The third kappa shape index (κ3) is 4.88. The summed E-state index contributed by atoms with van der Waals surface area (Å²) in [5.41, 5.74) is 1.39. The summed E-state index contributed by atoms with van der Waals surface area (Å²) >= 11 is 0. The van der Waals surface area contributed by atoms with Crippen molar-refractivity contribution in [1.29, 1.82) is 0 Å². The predicted octanol–water partition coefficient (Wildman–Crippen LogP) is 2.49. The van der Waals surface area contributed by atoms with Crippen LogP contribution in [0.1, 0.15) is 6.92 Å². The fourth-order valence-corrected chi connectivity index (χ4v) is 3.47. The Balaban J connectivity index is 1.15. The van der Waals surface area contributed by atoms with Gasteiger partial charge in [0.1, 0.15) is 18.1 Å². The number of carbonyl (C=O) groups is 1. The summed E-state index contributed by atoms with van der Waals surface area (Å²) < 4.78 is 28.9. The van der Waals surface area contributed by atoms with Crippen molar-refractivity contribution in [2.75, 3.05) is 27.1 Å². The van der Waals surface area contributed by atoms with Crippen molar-refractivity contribution in [3.8, 4) is 40.3 Å². The molecule has 1 aliphatic heterocycles. The van der Waals surface area contributed by atoms with E-state index in [0.717, 1.165) is 5.56 Å². The number of nitrogens with zero attached hydrogens (tertiary/aromatic N) is 4. The van der Waals surface area contributed by atoms with E-state index in [9.17, 15) is 4.79 Å². The quantitative estimate of drug-likeness (QED) is 0.363. The van der Waals surface area contributed by atoms with E-state index in [2.05, 4.69) is 20.6 Å². The Morgan fingerprint density at radius 3 is 2.86 bits per heavy atom. The van der Waals surface area contributed by atoms with E-state index < -0.39 is 6.10 Å². The van der Waals surface area contributed by atoms with Crippen molar-refractivity contribution in [1.82, 2.24) is 25.1 Å². The lowest BCUT2D eigenvalue weighted by atomic mass is 10.2. The third-order valence-electron chi connectivity index (χ3n) is 5.24. The van der Waals surface area contributed by atoms with Crippen LogP contribution in [0.2, 0.25) is 0 Å². The van der Waals surface area contributed by atoms with Crippen LogP contribution in [0.15, 0.2) is 54.6 Å². The Hall–Kier alpha value is -4.54. The average Bonchev–Trinajstić information content (AvgIpc) is 3.53.